The summed E-state index contributed by atoms with van der Waals surface area (Å²) in [5, 5.41) is 4.39. The van der Waals surface area contributed by atoms with Crippen LogP contribution in [0, 0.1) is 0 Å². The van der Waals surface area contributed by atoms with Crippen LogP contribution in [0.3, 0.4) is 0 Å². The highest BCUT2D eigenvalue weighted by Gasteiger charge is 2.32. The van der Waals surface area contributed by atoms with Crippen molar-refractivity contribution in [3.8, 4) is 0 Å². The minimum Gasteiger partial charge on any atom is -0.306 e. The summed E-state index contributed by atoms with van der Waals surface area (Å²) in [6.07, 6.45) is 4.96. The van der Waals surface area contributed by atoms with Crippen LogP contribution in [-0.2, 0) is 6.54 Å². The number of hydrogen-bond acceptors (Lipinski definition) is 1. The Hall–Kier alpha value is -0.240. The predicted octanol–water partition coefficient (Wildman–Crippen LogP) is 3.98. The van der Waals surface area contributed by atoms with E-state index in [4.69, 9.17) is 23.2 Å². The van der Waals surface area contributed by atoms with Gasteiger partial charge in [0.1, 0.15) is 0 Å². The first-order valence-electron chi connectivity index (χ1n) is 5.80. The van der Waals surface area contributed by atoms with E-state index in [1.807, 2.05) is 18.2 Å². The molecule has 1 fully saturated rings. The van der Waals surface area contributed by atoms with Gasteiger partial charge < -0.3 is 5.32 Å². The van der Waals surface area contributed by atoms with Gasteiger partial charge in [-0.15, -0.1) is 11.6 Å². The molecule has 1 saturated carbocycles. The van der Waals surface area contributed by atoms with Crippen molar-refractivity contribution in [3.05, 3.63) is 34.9 Å². The van der Waals surface area contributed by atoms with Crippen molar-refractivity contribution >= 4 is 23.2 Å². The quantitative estimate of drug-likeness (QED) is 0.805. The summed E-state index contributed by atoms with van der Waals surface area (Å²) < 4.78 is 0. The molecule has 1 nitrogen and oxygen atoms in total. The van der Waals surface area contributed by atoms with Gasteiger partial charge in [0.2, 0.25) is 0 Å². The fourth-order valence-electron chi connectivity index (χ4n) is 2.35. The van der Waals surface area contributed by atoms with Gasteiger partial charge in [-0.3, -0.25) is 0 Å². The van der Waals surface area contributed by atoms with Gasteiger partial charge >= 0.3 is 0 Å². The Kier molecular flexibility index (Phi) is 4.12. The average molecular weight is 258 g/mol. The Morgan fingerprint density at radius 2 is 2.00 bits per heavy atom. The number of benzene rings is 1. The largest absolute Gasteiger partial charge is 0.306 e. The minimum atomic E-state index is 0.157. The molecule has 0 aliphatic heterocycles. The van der Waals surface area contributed by atoms with E-state index in [9.17, 15) is 0 Å². The van der Waals surface area contributed by atoms with E-state index >= 15 is 0 Å². The molecule has 0 unspecified atom stereocenters. The zero-order valence-corrected chi connectivity index (χ0v) is 10.8. The summed E-state index contributed by atoms with van der Waals surface area (Å²) in [4.78, 5) is 0. The summed E-state index contributed by atoms with van der Waals surface area (Å²) in [5.41, 5.74) is 1.38. The standard InChI is InChI=1S/C13H17Cl2N/c14-10-13(6-1-2-7-13)16-9-11-4-3-5-12(15)8-11/h3-5,8,16H,1-2,6-7,9-10H2. The van der Waals surface area contributed by atoms with E-state index in [2.05, 4.69) is 11.4 Å². The van der Waals surface area contributed by atoms with E-state index in [0.29, 0.717) is 5.88 Å². The Labute approximate surface area is 107 Å². The van der Waals surface area contributed by atoms with Crippen molar-refractivity contribution in [2.75, 3.05) is 5.88 Å². The molecular formula is C13H17Cl2N. The van der Waals surface area contributed by atoms with E-state index in [0.717, 1.165) is 11.6 Å². The van der Waals surface area contributed by atoms with Crippen LogP contribution in [0.4, 0.5) is 0 Å². The maximum atomic E-state index is 6.07. The maximum absolute atomic E-state index is 6.07. The summed E-state index contributed by atoms with van der Waals surface area (Å²) in [5.74, 6) is 0.702. The first-order valence-corrected chi connectivity index (χ1v) is 6.71. The molecule has 1 aliphatic carbocycles. The topological polar surface area (TPSA) is 12.0 Å². The lowest BCUT2D eigenvalue weighted by Crippen LogP contribution is -2.43. The Morgan fingerprint density at radius 3 is 2.62 bits per heavy atom. The Balaban J connectivity index is 1.95. The normalized spacial score (nSPS) is 18.9. The van der Waals surface area contributed by atoms with Crippen LogP contribution < -0.4 is 5.32 Å². The van der Waals surface area contributed by atoms with Crippen LogP contribution >= 0.6 is 23.2 Å². The molecule has 0 heterocycles. The van der Waals surface area contributed by atoms with E-state index in [1.165, 1.54) is 31.2 Å². The predicted molar refractivity (Wildman–Crippen MR) is 70.2 cm³/mol. The van der Waals surface area contributed by atoms with Gasteiger partial charge in [0.15, 0.2) is 0 Å². The summed E-state index contributed by atoms with van der Waals surface area (Å²) in [7, 11) is 0. The van der Waals surface area contributed by atoms with Crippen LogP contribution in [0.25, 0.3) is 0 Å². The first-order chi connectivity index (χ1) is 7.74. The fraction of sp³-hybridized carbons (Fsp3) is 0.538. The molecule has 0 atom stereocenters. The number of nitrogens with one attached hydrogen (secondary N) is 1. The van der Waals surface area contributed by atoms with Gasteiger partial charge in [0, 0.05) is 23.0 Å². The Morgan fingerprint density at radius 1 is 1.25 bits per heavy atom. The maximum Gasteiger partial charge on any atom is 0.0409 e. The van der Waals surface area contributed by atoms with Crippen molar-refractivity contribution in [1.82, 2.24) is 5.32 Å². The van der Waals surface area contributed by atoms with Crippen molar-refractivity contribution in [2.24, 2.45) is 0 Å². The van der Waals surface area contributed by atoms with Crippen molar-refractivity contribution in [2.45, 2.75) is 37.8 Å². The molecule has 0 bridgehead atoms. The van der Waals surface area contributed by atoms with Gasteiger partial charge in [-0.2, -0.15) is 0 Å². The van der Waals surface area contributed by atoms with E-state index in [1.54, 1.807) is 0 Å². The van der Waals surface area contributed by atoms with Gasteiger partial charge in [0.05, 0.1) is 0 Å². The highest BCUT2D eigenvalue weighted by Crippen LogP contribution is 2.31. The lowest BCUT2D eigenvalue weighted by Gasteiger charge is -2.28. The summed E-state index contributed by atoms with van der Waals surface area (Å²) >= 11 is 12.0. The first kappa shape index (κ1) is 12.2. The zero-order valence-electron chi connectivity index (χ0n) is 9.31. The Bertz CT molecular complexity index is 346. The second-order valence-corrected chi connectivity index (χ2v) is 5.31. The molecule has 88 valence electrons. The minimum absolute atomic E-state index is 0.157. The smallest absolute Gasteiger partial charge is 0.0409 e. The molecule has 0 spiro atoms. The summed E-state index contributed by atoms with van der Waals surface area (Å²) in [6.45, 7) is 0.854. The molecule has 1 aromatic rings. The SMILES string of the molecule is ClCC1(NCc2cccc(Cl)c2)CCCC1. The van der Waals surface area contributed by atoms with E-state index in [-0.39, 0.29) is 5.54 Å². The van der Waals surface area contributed by atoms with Crippen LogP contribution in [0.15, 0.2) is 24.3 Å². The molecule has 3 heteroatoms. The molecule has 0 radical (unpaired) electrons. The molecule has 2 rings (SSSR count). The second kappa shape index (κ2) is 5.39. The molecule has 1 aliphatic rings. The molecular weight excluding hydrogens is 241 g/mol. The fourth-order valence-corrected chi connectivity index (χ4v) is 2.92. The number of alkyl halides is 1. The van der Waals surface area contributed by atoms with Gasteiger partial charge in [-0.1, -0.05) is 36.6 Å². The second-order valence-electron chi connectivity index (χ2n) is 4.60. The van der Waals surface area contributed by atoms with Crippen LogP contribution in [0.5, 0.6) is 0 Å². The van der Waals surface area contributed by atoms with Crippen molar-refractivity contribution in [1.29, 1.82) is 0 Å². The van der Waals surface area contributed by atoms with E-state index < -0.39 is 0 Å². The lowest BCUT2D eigenvalue weighted by atomic mass is 10.00. The zero-order chi connectivity index (χ0) is 11.4. The van der Waals surface area contributed by atoms with Gasteiger partial charge in [-0.25, -0.2) is 0 Å². The lowest BCUT2D eigenvalue weighted by molar-refractivity contribution is 0.368. The molecule has 1 aromatic carbocycles. The third kappa shape index (κ3) is 2.91. The van der Waals surface area contributed by atoms with Crippen molar-refractivity contribution < 1.29 is 0 Å². The third-order valence-electron chi connectivity index (χ3n) is 3.37. The van der Waals surface area contributed by atoms with Gasteiger partial charge in [-0.05, 0) is 30.5 Å². The highest BCUT2D eigenvalue weighted by atomic mass is 35.5. The molecule has 0 amide bonds. The third-order valence-corrected chi connectivity index (χ3v) is 4.12. The number of halogens is 2. The molecule has 0 saturated heterocycles. The average Bonchev–Trinajstić information content (AvgIpc) is 2.76. The highest BCUT2D eigenvalue weighted by molar-refractivity contribution is 6.30. The van der Waals surface area contributed by atoms with Crippen LogP contribution in [0.2, 0.25) is 5.02 Å². The van der Waals surface area contributed by atoms with Crippen LogP contribution in [0.1, 0.15) is 31.2 Å². The number of hydrogen-bond donors (Lipinski definition) is 1. The molecule has 16 heavy (non-hydrogen) atoms. The number of rotatable bonds is 4. The summed E-state index contributed by atoms with van der Waals surface area (Å²) in [6, 6.07) is 7.99. The monoisotopic (exact) mass is 257 g/mol. The van der Waals surface area contributed by atoms with Crippen LogP contribution in [-0.4, -0.2) is 11.4 Å². The van der Waals surface area contributed by atoms with Crippen molar-refractivity contribution in [3.63, 3.8) is 0 Å². The molecule has 0 aromatic heterocycles. The molecule has 1 N–H and O–H groups in total. The van der Waals surface area contributed by atoms with Gasteiger partial charge in [0.25, 0.3) is 0 Å².